The number of rotatable bonds is 14. The van der Waals surface area contributed by atoms with E-state index in [0.29, 0.717) is 33.0 Å². The van der Waals surface area contributed by atoms with Gasteiger partial charge in [-0.05, 0) is 311 Å². The van der Waals surface area contributed by atoms with Crippen molar-refractivity contribution in [1.82, 2.24) is 0 Å². The molecule has 0 unspecified atom stereocenters. The van der Waals surface area contributed by atoms with Crippen LogP contribution >= 0.6 is 0 Å². The first kappa shape index (κ1) is 102. The number of pyridine rings is 5. The Balaban J connectivity index is 0.000000159. The lowest BCUT2D eigenvalue weighted by Gasteiger charge is -2.19. The second-order valence-corrected chi connectivity index (χ2v) is 45.7. The minimum Gasteiger partial charge on any atom is -0.198 e. The molecule has 15 aromatic rings. The third kappa shape index (κ3) is 24.6. The molecular weight excluding hydrogens is 1600 g/mol. The third-order valence-corrected chi connectivity index (χ3v) is 27.2. The standard InChI is InChI=1S/C27H36N.C26H34N.2C25H32N.C24H30N/c1-9-20-14-22(10-2)19(4)25(16-20)26-24-12-11-21(17-27(5,6)7)15-23(24)13-18(3)28(26)8;1-17(2)21-11-9-18(3)24(15-21)25-23-12-10-20(16-26(5,6)7)14-22(23)13-19(4)27(25)8;1-16-11-17(2)19(4)23(12-16)24-22-10-9-20(15-25(5,6)7)14-21(22)13-18(3)26(24)8;1-8-19-10-9-17(2)23(15-19)24-22-12-11-20(16-25(4,5)6)14-21(22)13-18(3)26(24)7;1-16-8-9-17(2)22(12-16)23-21-11-10-19(15-24(4,5)6)14-20(21)13-18(3)25(23)7/h11-16H,9-10,17H2,1-8H3;9-15,17H,16H2,1-8H3;9-14H,15H2,1-8H3;9-15H,8,16H2,1-7H3;8-14H,15H2,1-7H3/q5*+1. The maximum atomic E-state index is 2.41. The summed E-state index contributed by atoms with van der Waals surface area (Å²) in [4.78, 5) is 0. The van der Waals surface area contributed by atoms with E-state index in [1.54, 1.807) is 0 Å². The number of aromatic nitrogens is 5. The summed E-state index contributed by atoms with van der Waals surface area (Å²) < 4.78 is 11.7. The van der Waals surface area contributed by atoms with Gasteiger partial charge in [-0.3, -0.25) is 0 Å². The van der Waals surface area contributed by atoms with Crippen LogP contribution in [0.3, 0.4) is 0 Å². The van der Waals surface area contributed by atoms with Crippen molar-refractivity contribution in [3.63, 3.8) is 0 Å². The molecule has 0 atom stereocenters. The summed E-state index contributed by atoms with van der Waals surface area (Å²) in [5.74, 6) is 0.532. The quantitative estimate of drug-likeness (QED) is 0.0967. The minimum atomic E-state index is 0.299. The zero-order valence-electron chi connectivity index (χ0n) is 89.0. The van der Waals surface area contributed by atoms with Gasteiger partial charge in [-0.1, -0.05) is 259 Å². The monoisotopic (exact) mass is 1760 g/mol. The number of hydrogen-bond acceptors (Lipinski definition) is 0. The summed E-state index contributed by atoms with van der Waals surface area (Å²) in [6.45, 7) is 74.6. The van der Waals surface area contributed by atoms with Crippen molar-refractivity contribution in [2.45, 2.75) is 286 Å². The van der Waals surface area contributed by atoms with Gasteiger partial charge in [0.25, 0.3) is 0 Å². The van der Waals surface area contributed by atoms with E-state index in [2.05, 4.69) is 487 Å². The van der Waals surface area contributed by atoms with Crippen LogP contribution in [0, 0.1) is 117 Å². The number of nitrogens with zero attached hydrogens (tertiary/aromatic N) is 5. The molecule has 692 valence electrons. The highest BCUT2D eigenvalue weighted by atomic mass is 15.0. The molecule has 0 radical (unpaired) electrons. The Morgan fingerprint density at radius 2 is 0.492 bits per heavy atom. The topological polar surface area (TPSA) is 19.4 Å². The lowest BCUT2D eigenvalue weighted by atomic mass is 9.86. The Morgan fingerprint density at radius 3 is 0.795 bits per heavy atom. The first-order valence-electron chi connectivity index (χ1n) is 49.2. The molecule has 0 saturated carbocycles. The third-order valence-electron chi connectivity index (χ3n) is 27.2. The Kier molecular flexibility index (Phi) is 31.6. The van der Waals surface area contributed by atoms with Crippen molar-refractivity contribution in [3.05, 3.63) is 323 Å². The van der Waals surface area contributed by atoms with E-state index in [-0.39, 0.29) is 0 Å². The number of aryl methyl sites for hydroxylation is 14. The second kappa shape index (κ2) is 41.0. The van der Waals surface area contributed by atoms with Crippen molar-refractivity contribution >= 4 is 53.9 Å². The largest absolute Gasteiger partial charge is 0.220 e. The molecule has 5 heteroatoms. The van der Waals surface area contributed by atoms with Crippen LogP contribution in [0.5, 0.6) is 0 Å². The first-order valence-corrected chi connectivity index (χ1v) is 49.2. The lowest BCUT2D eigenvalue weighted by Crippen LogP contribution is -2.35. The van der Waals surface area contributed by atoms with Gasteiger partial charge >= 0.3 is 0 Å². The number of hydrogen-bond donors (Lipinski definition) is 0. The molecule has 0 spiro atoms. The zero-order chi connectivity index (χ0) is 97.2. The highest BCUT2D eigenvalue weighted by Gasteiger charge is 2.30. The Bertz CT molecular complexity index is 6790. The lowest BCUT2D eigenvalue weighted by molar-refractivity contribution is -0.665. The fourth-order valence-electron chi connectivity index (χ4n) is 19.7. The maximum Gasteiger partial charge on any atom is 0.220 e. The van der Waals surface area contributed by atoms with Crippen LogP contribution in [0.15, 0.2) is 200 Å². The van der Waals surface area contributed by atoms with Crippen LogP contribution in [0.1, 0.15) is 267 Å². The number of benzene rings is 10. The molecule has 0 aliphatic rings. The average molecular weight is 1760 g/mol. The van der Waals surface area contributed by atoms with Gasteiger partial charge in [-0.2, -0.15) is 22.8 Å². The van der Waals surface area contributed by atoms with Gasteiger partial charge in [0.1, 0.15) is 35.2 Å². The summed E-state index contributed by atoms with van der Waals surface area (Å²) in [6, 6.07) is 76.7. The molecule has 132 heavy (non-hydrogen) atoms. The van der Waals surface area contributed by atoms with Gasteiger partial charge in [0.2, 0.25) is 28.5 Å². The van der Waals surface area contributed by atoms with Crippen LogP contribution in [-0.2, 0) is 86.6 Å². The van der Waals surface area contributed by atoms with Crippen molar-refractivity contribution in [2.75, 3.05) is 0 Å². The average Bonchev–Trinajstić information content (AvgIpc) is 0.767. The van der Waals surface area contributed by atoms with Crippen LogP contribution in [0.25, 0.3) is 110 Å². The summed E-state index contributed by atoms with van der Waals surface area (Å²) in [7, 11) is 10.9. The van der Waals surface area contributed by atoms with E-state index < -0.39 is 0 Å². The van der Waals surface area contributed by atoms with Crippen LogP contribution in [0.4, 0.5) is 0 Å². The van der Waals surface area contributed by atoms with Gasteiger partial charge in [0, 0.05) is 81.6 Å². The molecule has 0 aliphatic heterocycles. The van der Waals surface area contributed by atoms with Crippen LogP contribution in [-0.4, -0.2) is 0 Å². The van der Waals surface area contributed by atoms with Crippen LogP contribution in [0.2, 0.25) is 0 Å². The van der Waals surface area contributed by atoms with Gasteiger partial charge in [-0.25, -0.2) is 0 Å². The van der Waals surface area contributed by atoms with Crippen molar-refractivity contribution < 1.29 is 22.8 Å². The smallest absolute Gasteiger partial charge is 0.198 e. The minimum absolute atomic E-state index is 0.299. The van der Waals surface area contributed by atoms with E-state index in [4.69, 9.17) is 0 Å². The van der Waals surface area contributed by atoms with Crippen molar-refractivity contribution in [2.24, 2.45) is 62.3 Å². The fourth-order valence-corrected chi connectivity index (χ4v) is 19.7. The predicted molar refractivity (Wildman–Crippen MR) is 572 cm³/mol. The number of fused-ring (bicyclic) bond motifs is 5. The molecule has 0 amide bonds. The Labute approximate surface area is 799 Å². The normalized spacial score (nSPS) is 12.0. The Hall–Kier alpha value is -10.8. The fraction of sp³-hybridized carbons (Fsp3) is 0.409. The molecule has 15 rings (SSSR count). The van der Waals surface area contributed by atoms with E-state index in [1.165, 1.54) is 233 Å². The highest BCUT2D eigenvalue weighted by Crippen LogP contribution is 2.41. The van der Waals surface area contributed by atoms with E-state index in [0.717, 1.165) is 51.4 Å². The molecule has 0 bridgehead atoms. The van der Waals surface area contributed by atoms with Crippen molar-refractivity contribution in [3.8, 4) is 56.3 Å². The SMILES string of the molecule is CCc1cc(CC)c(C)c(-c2c3ccc(CC(C)(C)C)cc3cc(C)[n+]2C)c1.CCc1ccc(C)c(-c2c3ccc(CC(C)(C)C)cc3cc(C)[n+]2C)c1.Cc1cc(C)c(C)c(-c2c3ccc(CC(C)(C)C)cc3cc(C)[n+]2C)c1.Cc1ccc(C(C)C)cc1-c1c2ccc(CC(C)(C)C)cc2cc(C)[n+]1C.Cc1ccc(C)c(-c2c3ccc(CC(C)(C)C)cc3cc(C)[n+]2C)c1. The molecule has 5 aromatic heterocycles. The second-order valence-electron chi connectivity index (χ2n) is 45.7. The summed E-state index contributed by atoms with van der Waals surface area (Å²) in [6.07, 6.45) is 8.71. The van der Waals surface area contributed by atoms with Gasteiger partial charge in [-0.15, -0.1) is 0 Å². The predicted octanol–water partition coefficient (Wildman–Crippen LogP) is 31.4. The molecule has 0 saturated heterocycles. The Morgan fingerprint density at radius 1 is 0.227 bits per heavy atom. The first-order chi connectivity index (χ1) is 61.6. The molecule has 5 nitrogen and oxygen atoms in total. The summed E-state index contributed by atoms with van der Waals surface area (Å²) in [5, 5.41) is 13.4. The van der Waals surface area contributed by atoms with Crippen LogP contribution < -0.4 is 22.8 Å². The van der Waals surface area contributed by atoms with Gasteiger partial charge < -0.3 is 0 Å². The molecule has 5 heterocycles. The molecular formula is C127H164N5+5. The maximum absolute atomic E-state index is 2.41. The van der Waals surface area contributed by atoms with E-state index in [9.17, 15) is 0 Å². The summed E-state index contributed by atoms with van der Waals surface area (Å²) >= 11 is 0. The molecule has 0 fully saturated rings. The van der Waals surface area contributed by atoms with Gasteiger partial charge in [0.05, 0.1) is 38.1 Å². The van der Waals surface area contributed by atoms with E-state index >= 15 is 0 Å². The molecule has 0 aliphatic carbocycles. The van der Waals surface area contributed by atoms with Crippen molar-refractivity contribution in [1.29, 1.82) is 0 Å². The summed E-state index contributed by atoms with van der Waals surface area (Å²) in [5.41, 5.74) is 44.9. The zero-order valence-corrected chi connectivity index (χ0v) is 89.0. The van der Waals surface area contributed by atoms with Gasteiger partial charge in [0.15, 0.2) is 28.5 Å². The molecule has 10 aromatic carbocycles. The van der Waals surface area contributed by atoms with E-state index in [1.807, 2.05) is 0 Å². The highest BCUT2D eigenvalue weighted by molar-refractivity contribution is 5.99. The molecule has 0 N–H and O–H groups in total.